The van der Waals surface area contributed by atoms with Crippen LogP contribution in [0.3, 0.4) is 0 Å². The first-order valence-electron chi connectivity index (χ1n) is 5.47. The molecule has 0 aliphatic rings. The molecule has 0 aliphatic heterocycles. The van der Waals surface area contributed by atoms with Crippen LogP contribution >= 0.6 is 11.6 Å². The molecule has 4 heteroatoms. The molecular formula is C14H14ClNO2. The van der Waals surface area contributed by atoms with Crippen molar-refractivity contribution in [1.82, 2.24) is 0 Å². The zero-order valence-corrected chi connectivity index (χ0v) is 11.0. The van der Waals surface area contributed by atoms with E-state index in [0.29, 0.717) is 28.0 Å². The number of nitrogens with two attached hydrogens (primary N) is 1. The van der Waals surface area contributed by atoms with Crippen LogP contribution < -0.4 is 15.2 Å². The summed E-state index contributed by atoms with van der Waals surface area (Å²) in [5.74, 6) is 1.98. The van der Waals surface area contributed by atoms with Gasteiger partial charge in [-0.05, 0) is 24.6 Å². The first-order valence-corrected chi connectivity index (χ1v) is 5.85. The molecule has 0 aliphatic carbocycles. The normalized spacial score (nSPS) is 10.2. The number of hydrogen-bond donors (Lipinski definition) is 1. The van der Waals surface area contributed by atoms with E-state index in [-0.39, 0.29) is 0 Å². The van der Waals surface area contributed by atoms with Crippen LogP contribution in [0.15, 0.2) is 36.4 Å². The molecule has 2 aromatic carbocycles. The van der Waals surface area contributed by atoms with E-state index < -0.39 is 0 Å². The predicted molar refractivity (Wildman–Crippen MR) is 73.7 cm³/mol. The molecule has 0 bridgehead atoms. The van der Waals surface area contributed by atoms with Crippen molar-refractivity contribution in [3.63, 3.8) is 0 Å². The fourth-order valence-electron chi connectivity index (χ4n) is 1.58. The maximum absolute atomic E-state index is 5.94. The molecule has 0 saturated carbocycles. The average Bonchev–Trinajstić information content (AvgIpc) is 2.33. The van der Waals surface area contributed by atoms with Gasteiger partial charge in [-0.25, -0.2) is 0 Å². The van der Waals surface area contributed by atoms with Crippen molar-refractivity contribution < 1.29 is 9.47 Å². The maximum Gasteiger partial charge on any atom is 0.133 e. The number of rotatable bonds is 3. The summed E-state index contributed by atoms with van der Waals surface area (Å²) in [5.41, 5.74) is 7.36. The zero-order chi connectivity index (χ0) is 13.1. The van der Waals surface area contributed by atoms with Crippen molar-refractivity contribution >= 4 is 17.3 Å². The number of ether oxygens (including phenoxy) is 2. The van der Waals surface area contributed by atoms with E-state index >= 15 is 0 Å². The Labute approximate surface area is 111 Å². The highest BCUT2D eigenvalue weighted by Crippen LogP contribution is 2.31. The zero-order valence-electron chi connectivity index (χ0n) is 10.2. The lowest BCUT2D eigenvalue weighted by molar-refractivity contribution is 0.409. The molecule has 94 valence electrons. The first kappa shape index (κ1) is 12.6. The summed E-state index contributed by atoms with van der Waals surface area (Å²) in [7, 11) is 1.59. The van der Waals surface area contributed by atoms with Crippen LogP contribution in [0.1, 0.15) is 5.56 Å². The summed E-state index contributed by atoms with van der Waals surface area (Å²) in [4.78, 5) is 0. The molecule has 2 rings (SSSR count). The van der Waals surface area contributed by atoms with Gasteiger partial charge in [0.2, 0.25) is 0 Å². The minimum absolute atomic E-state index is 0.587. The highest BCUT2D eigenvalue weighted by molar-refractivity contribution is 6.30. The number of nitrogen functional groups attached to an aromatic ring is 1. The molecule has 18 heavy (non-hydrogen) atoms. The fraction of sp³-hybridized carbons (Fsp3) is 0.143. The molecule has 0 heterocycles. The van der Waals surface area contributed by atoms with Gasteiger partial charge in [0.1, 0.15) is 17.2 Å². The molecule has 0 aromatic heterocycles. The van der Waals surface area contributed by atoms with E-state index in [0.717, 1.165) is 5.56 Å². The Kier molecular flexibility index (Phi) is 3.63. The average molecular weight is 264 g/mol. The lowest BCUT2D eigenvalue weighted by Crippen LogP contribution is -1.92. The van der Waals surface area contributed by atoms with Crippen LogP contribution in [0.25, 0.3) is 0 Å². The summed E-state index contributed by atoms with van der Waals surface area (Å²) in [6, 6.07) is 10.7. The van der Waals surface area contributed by atoms with Gasteiger partial charge in [0.15, 0.2) is 0 Å². The second kappa shape index (κ2) is 5.19. The van der Waals surface area contributed by atoms with Gasteiger partial charge in [0.25, 0.3) is 0 Å². The predicted octanol–water partition coefficient (Wildman–Crippen LogP) is 4.03. The van der Waals surface area contributed by atoms with E-state index in [2.05, 4.69) is 0 Å². The van der Waals surface area contributed by atoms with Crippen molar-refractivity contribution in [2.24, 2.45) is 0 Å². The van der Waals surface area contributed by atoms with Gasteiger partial charge in [-0.2, -0.15) is 0 Å². The second-order valence-corrected chi connectivity index (χ2v) is 4.39. The van der Waals surface area contributed by atoms with Crippen molar-refractivity contribution in [1.29, 1.82) is 0 Å². The van der Waals surface area contributed by atoms with Gasteiger partial charge in [-0.1, -0.05) is 17.7 Å². The molecule has 0 amide bonds. The highest BCUT2D eigenvalue weighted by atomic mass is 35.5. The van der Waals surface area contributed by atoms with E-state index in [9.17, 15) is 0 Å². The van der Waals surface area contributed by atoms with E-state index in [1.807, 2.05) is 19.1 Å². The summed E-state index contributed by atoms with van der Waals surface area (Å²) in [5, 5.41) is 0.631. The van der Waals surface area contributed by atoms with Crippen molar-refractivity contribution in [2.75, 3.05) is 12.8 Å². The quantitative estimate of drug-likeness (QED) is 0.851. The van der Waals surface area contributed by atoms with Crippen LogP contribution in [0, 0.1) is 6.92 Å². The molecule has 0 fully saturated rings. The van der Waals surface area contributed by atoms with Gasteiger partial charge in [-0.3, -0.25) is 0 Å². The van der Waals surface area contributed by atoms with Gasteiger partial charge in [0.05, 0.1) is 7.11 Å². The van der Waals surface area contributed by atoms with E-state index in [4.69, 9.17) is 26.8 Å². The van der Waals surface area contributed by atoms with E-state index in [1.54, 1.807) is 31.4 Å². The molecule has 2 N–H and O–H groups in total. The van der Waals surface area contributed by atoms with Crippen molar-refractivity contribution in [3.8, 4) is 17.2 Å². The number of anilines is 1. The maximum atomic E-state index is 5.94. The monoisotopic (exact) mass is 263 g/mol. The number of aryl methyl sites for hydroxylation is 1. The first-order chi connectivity index (χ1) is 8.58. The molecule has 0 spiro atoms. The van der Waals surface area contributed by atoms with Gasteiger partial charge < -0.3 is 15.2 Å². The van der Waals surface area contributed by atoms with Gasteiger partial charge >= 0.3 is 0 Å². The van der Waals surface area contributed by atoms with Crippen LogP contribution in [0.2, 0.25) is 5.02 Å². The molecule has 0 atom stereocenters. The number of methoxy groups -OCH3 is 1. The molecular weight excluding hydrogens is 250 g/mol. The SMILES string of the molecule is COc1cc(N)cc(Oc2cc(Cl)ccc2C)c1. The third-order valence-electron chi connectivity index (χ3n) is 2.52. The molecule has 0 saturated heterocycles. The molecule has 2 aromatic rings. The second-order valence-electron chi connectivity index (χ2n) is 3.95. The Morgan fingerprint density at radius 1 is 1.06 bits per heavy atom. The standard InChI is InChI=1S/C14H14ClNO2/c1-9-3-4-10(15)5-14(9)18-13-7-11(16)6-12(8-13)17-2/h3-8H,16H2,1-2H3. The molecule has 3 nitrogen and oxygen atoms in total. The largest absolute Gasteiger partial charge is 0.497 e. The lowest BCUT2D eigenvalue weighted by atomic mass is 10.2. The van der Waals surface area contributed by atoms with Crippen molar-refractivity contribution in [3.05, 3.63) is 47.0 Å². The van der Waals surface area contributed by atoms with Crippen molar-refractivity contribution in [2.45, 2.75) is 6.92 Å². The molecule has 0 unspecified atom stereocenters. The minimum atomic E-state index is 0.587. The third kappa shape index (κ3) is 2.87. The minimum Gasteiger partial charge on any atom is -0.497 e. The summed E-state index contributed by atoms with van der Waals surface area (Å²) in [6.07, 6.45) is 0. The Morgan fingerprint density at radius 3 is 2.50 bits per heavy atom. The molecule has 0 radical (unpaired) electrons. The lowest BCUT2D eigenvalue weighted by Gasteiger charge is -2.11. The van der Waals surface area contributed by atoms with E-state index in [1.165, 1.54) is 0 Å². The Bertz CT molecular complexity index is 570. The van der Waals surface area contributed by atoms with Crippen LogP contribution in [0.5, 0.6) is 17.2 Å². The van der Waals surface area contributed by atoms with Crippen LogP contribution in [-0.4, -0.2) is 7.11 Å². The number of hydrogen-bond acceptors (Lipinski definition) is 3. The number of halogens is 1. The van der Waals surface area contributed by atoms with Gasteiger partial charge in [-0.15, -0.1) is 0 Å². The Hall–Kier alpha value is -1.87. The van der Waals surface area contributed by atoms with Crippen LogP contribution in [-0.2, 0) is 0 Å². The summed E-state index contributed by atoms with van der Waals surface area (Å²) in [6.45, 7) is 1.95. The smallest absolute Gasteiger partial charge is 0.133 e. The fourth-order valence-corrected chi connectivity index (χ4v) is 1.74. The third-order valence-corrected chi connectivity index (χ3v) is 2.75. The Morgan fingerprint density at radius 2 is 1.78 bits per heavy atom. The van der Waals surface area contributed by atoms with Crippen LogP contribution in [0.4, 0.5) is 5.69 Å². The number of benzene rings is 2. The summed E-state index contributed by atoms with van der Waals surface area (Å²) < 4.78 is 10.9. The van der Waals surface area contributed by atoms with Gasteiger partial charge in [0, 0.05) is 28.9 Å². The summed E-state index contributed by atoms with van der Waals surface area (Å²) >= 11 is 5.94. The Balaban J connectivity index is 2.33. The topological polar surface area (TPSA) is 44.5 Å². The highest BCUT2D eigenvalue weighted by Gasteiger charge is 2.05.